The number of carboxylic acid groups (broad SMARTS) is 1. The van der Waals surface area contributed by atoms with E-state index >= 15 is 0 Å². The minimum absolute atomic E-state index is 0.122. The van der Waals surface area contributed by atoms with Crippen LogP contribution < -0.4 is 10.5 Å². The molecule has 1 amide bonds. The number of rotatable bonds is 8. The van der Waals surface area contributed by atoms with Crippen molar-refractivity contribution < 1.29 is 14.7 Å². The van der Waals surface area contributed by atoms with Gasteiger partial charge in [-0.15, -0.1) is 0 Å². The molecule has 2 aliphatic heterocycles. The molecule has 2 aromatic heterocycles. The van der Waals surface area contributed by atoms with Crippen LogP contribution in [0.4, 0.5) is 5.82 Å². The number of amides is 1. The average molecular weight is 473 g/mol. The summed E-state index contributed by atoms with van der Waals surface area (Å²) in [5, 5.41) is 8.74. The van der Waals surface area contributed by atoms with Crippen LogP contribution in [0.1, 0.15) is 44.1 Å². The number of carboxylic acids is 1. The molecule has 4 heterocycles. The number of carbonyl (C=O) groups excluding carboxylic acids is 1. The Morgan fingerprint density at radius 2 is 1.97 bits per heavy atom. The van der Waals surface area contributed by atoms with Crippen LogP contribution in [0.2, 0.25) is 0 Å². The predicted octanol–water partition coefficient (Wildman–Crippen LogP) is 3.14. The van der Waals surface area contributed by atoms with Crippen LogP contribution in [-0.4, -0.2) is 55.2 Å². The van der Waals surface area contributed by atoms with Crippen molar-refractivity contribution in [2.24, 2.45) is 0 Å². The highest BCUT2D eigenvalue weighted by molar-refractivity contribution is 8.26. The molecule has 2 saturated heterocycles. The van der Waals surface area contributed by atoms with Crippen molar-refractivity contribution in [2.45, 2.75) is 38.5 Å². The molecule has 0 aromatic carbocycles. The molecule has 0 atom stereocenters. The van der Waals surface area contributed by atoms with Gasteiger partial charge in [0.25, 0.3) is 11.5 Å². The van der Waals surface area contributed by atoms with E-state index in [0.29, 0.717) is 52.1 Å². The smallest absolute Gasteiger partial charge is 0.303 e. The van der Waals surface area contributed by atoms with Crippen LogP contribution in [0.3, 0.4) is 0 Å². The third kappa shape index (κ3) is 4.71. The number of unbranched alkanes of at least 4 members (excludes halogenated alkanes) is 2. The van der Waals surface area contributed by atoms with Crippen molar-refractivity contribution in [1.82, 2.24) is 14.3 Å². The molecule has 1 N–H and O–H groups in total. The lowest BCUT2D eigenvalue weighted by Gasteiger charge is -2.19. The van der Waals surface area contributed by atoms with Crippen LogP contribution >= 0.6 is 24.0 Å². The number of fused-ring (bicyclic) bond motifs is 1. The van der Waals surface area contributed by atoms with Crippen LogP contribution in [0.25, 0.3) is 11.7 Å². The number of hydrogen-bond donors (Lipinski definition) is 1. The minimum Gasteiger partial charge on any atom is -0.481 e. The molecule has 2 aromatic rings. The van der Waals surface area contributed by atoms with Crippen molar-refractivity contribution >= 4 is 57.7 Å². The molecule has 8 nitrogen and oxygen atoms in total. The number of thioether (sulfide) groups is 1. The molecule has 0 saturated carbocycles. The van der Waals surface area contributed by atoms with Crippen molar-refractivity contribution in [2.75, 3.05) is 24.5 Å². The molecule has 32 heavy (non-hydrogen) atoms. The molecule has 0 aliphatic carbocycles. The van der Waals surface area contributed by atoms with Gasteiger partial charge in [0.05, 0.1) is 10.5 Å². The second-order valence-corrected chi connectivity index (χ2v) is 9.49. The van der Waals surface area contributed by atoms with E-state index in [9.17, 15) is 14.4 Å². The van der Waals surface area contributed by atoms with Gasteiger partial charge in [0.2, 0.25) is 0 Å². The first-order valence-electron chi connectivity index (χ1n) is 10.7. The summed E-state index contributed by atoms with van der Waals surface area (Å²) in [6.07, 6.45) is 7.46. The van der Waals surface area contributed by atoms with Gasteiger partial charge in [0, 0.05) is 32.3 Å². The van der Waals surface area contributed by atoms with Crippen molar-refractivity contribution in [3.63, 3.8) is 0 Å². The topological polar surface area (TPSA) is 95.2 Å². The summed E-state index contributed by atoms with van der Waals surface area (Å²) in [4.78, 5) is 45.7. The molecular formula is C22H24N4O4S2. The molecule has 0 spiro atoms. The van der Waals surface area contributed by atoms with Crippen molar-refractivity contribution in [3.8, 4) is 0 Å². The summed E-state index contributed by atoms with van der Waals surface area (Å²) in [5.41, 5.74) is 0.763. The molecule has 0 radical (unpaired) electrons. The maximum Gasteiger partial charge on any atom is 0.303 e. The van der Waals surface area contributed by atoms with Crippen LogP contribution in [0.5, 0.6) is 0 Å². The Bertz CT molecular complexity index is 1150. The highest BCUT2D eigenvalue weighted by Crippen LogP contribution is 2.34. The minimum atomic E-state index is -0.817. The first-order valence-corrected chi connectivity index (χ1v) is 11.9. The fourth-order valence-corrected chi connectivity index (χ4v) is 5.22. The van der Waals surface area contributed by atoms with E-state index in [1.165, 1.54) is 21.1 Å². The van der Waals surface area contributed by atoms with E-state index in [4.69, 9.17) is 22.3 Å². The Hall–Kier alpha value is -2.72. The number of pyridine rings is 1. The fraction of sp³-hybridized carbons (Fsp3) is 0.409. The van der Waals surface area contributed by atoms with Gasteiger partial charge in [0.15, 0.2) is 0 Å². The number of aromatic nitrogens is 2. The Kier molecular flexibility index (Phi) is 6.90. The quantitative estimate of drug-likeness (QED) is 0.356. The number of aliphatic carboxylic acids is 1. The second-order valence-electron chi connectivity index (χ2n) is 7.81. The fourth-order valence-electron chi connectivity index (χ4n) is 3.93. The van der Waals surface area contributed by atoms with Crippen molar-refractivity contribution in [1.29, 1.82) is 0 Å². The lowest BCUT2D eigenvalue weighted by Crippen LogP contribution is -2.29. The molecular weight excluding hydrogens is 448 g/mol. The molecule has 2 fully saturated rings. The summed E-state index contributed by atoms with van der Waals surface area (Å²) in [7, 11) is 0. The highest BCUT2D eigenvalue weighted by atomic mass is 32.2. The van der Waals surface area contributed by atoms with Gasteiger partial charge in [-0.3, -0.25) is 23.7 Å². The highest BCUT2D eigenvalue weighted by Gasteiger charge is 2.32. The molecule has 4 rings (SSSR count). The zero-order chi connectivity index (χ0) is 22.7. The third-order valence-corrected chi connectivity index (χ3v) is 6.95. The van der Waals surface area contributed by atoms with Gasteiger partial charge >= 0.3 is 5.97 Å². The van der Waals surface area contributed by atoms with Gasteiger partial charge in [-0.05, 0) is 43.9 Å². The normalized spacial score (nSPS) is 17.8. The molecule has 0 bridgehead atoms. The van der Waals surface area contributed by atoms with E-state index in [0.717, 1.165) is 25.9 Å². The van der Waals surface area contributed by atoms with E-state index in [-0.39, 0.29) is 17.9 Å². The summed E-state index contributed by atoms with van der Waals surface area (Å²) in [6, 6.07) is 5.42. The third-order valence-electron chi connectivity index (χ3n) is 5.58. The van der Waals surface area contributed by atoms with E-state index in [2.05, 4.69) is 4.90 Å². The Labute approximate surface area is 194 Å². The second kappa shape index (κ2) is 9.83. The lowest BCUT2D eigenvalue weighted by molar-refractivity contribution is -0.137. The molecule has 168 valence electrons. The monoisotopic (exact) mass is 472 g/mol. The van der Waals surface area contributed by atoms with Crippen LogP contribution in [-0.2, 0) is 9.59 Å². The maximum absolute atomic E-state index is 13.3. The van der Waals surface area contributed by atoms with Crippen LogP contribution in [0, 0.1) is 0 Å². The Morgan fingerprint density at radius 1 is 1.19 bits per heavy atom. The first-order chi connectivity index (χ1) is 15.5. The summed E-state index contributed by atoms with van der Waals surface area (Å²) >= 11 is 6.60. The number of thiocarbonyl (C=S) groups is 1. The predicted molar refractivity (Wildman–Crippen MR) is 129 cm³/mol. The average Bonchev–Trinajstić information content (AvgIpc) is 3.39. The number of nitrogens with zero attached hydrogens (tertiary/aromatic N) is 4. The van der Waals surface area contributed by atoms with Gasteiger partial charge in [-0.25, -0.2) is 4.98 Å². The molecule has 10 heteroatoms. The van der Waals surface area contributed by atoms with E-state index in [1.807, 2.05) is 6.07 Å². The van der Waals surface area contributed by atoms with E-state index < -0.39 is 5.97 Å². The van der Waals surface area contributed by atoms with E-state index in [1.54, 1.807) is 24.4 Å². The molecule has 2 aliphatic rings. The van der Waals surface area contributed by atoms with Gasteiger partial charge in [-0.1, -0.05) is 36.5 Å². The molecule has 0 unspecified atom stereocenters. The number of hydrogen-bond acceptors (Lipinski definition) is 7. The maximum atomic E-state index is 13.3. The first kappa shape index (κ1) is 22.5. The Morgan fingerprint density at radius 3 is 2.72 bits per heavy atom. The summed E-state index contributed by atoms with van der Waals surface area (Å²) < 4.78 is 1.95. The SMILES string of the molecule is O=C(O)CCCCCN1C(=O)C(=Cc2c(N3CCCC3)nc3ccccn3c2=O)SC1=S. The zero-order valence-corrected chi connectivity index (χ0v) is 19.2. The van der Waals surface area contributed by atoms with Crippen molar-refractivity contribution in [3.05, 3.63) is 45.2 Å². The van der Waals surface area contributed by atoms with Gasteiger partial charge in [0.1, 0.15) is 15.8 Å². The number of carbonyl (C=O) groups is 2. The zero-order valence-electron chi connectivity index (χ0n) is 17.5. The van der Waals surface area contributed by atoms with Gasteiger partial charge < -0.3 is 10.0 Å². The van der Waals surface area contributed by atoms with Crippen LogP contribution in [0.15, 0.2) is 34.1 Å². The van der Waals surface area contributed by atoms with Gasteiger partial charge in [-0.2, -0.15) is 0 Å². The number of anilines is 1. The largest absolute Gasteiger partial charge is 0.481 e. The summed E-state index contributed by atoms with van der Waals surface area (Å²) in [6.45, 7) is 2.09. The lowest BCUT2D eigenvalue weighted by atomic mass is 10.2. The summed E-state index contributed by atoms with van der Waals surface area (Å²) in [5.74, 6) is -0.427. The standard InChI is InChI=1S/C22H24N4O4S2/c27-18(28)9-2-1-4-13-26-21(30)16(32-22(26)31)14-15-19(24-10-6-7-11-24)23-17-8-3-5-12-25(17)20(15)29/h3,5,8,12,14H,1-2,4,6-7,9-11,13H2,(H,27,28). The Balaban J connectivity index is 1.61.